The first kappa shape index (κ1) is 13.8. The minimum atomic E-state index is -0.477. The molecule has 1 N–H and O–H groups in total. The number of benzene rings is 1. The molecule has 20 heavy (non-hydrogen) atoms. The molecule has 0 saturated carbocycles. The average molecular weight is 278 g/mol. The predicted octanol–water partition coefficient (Wildman–Crippen LogP) is 2.30. The number of hydrogen-bond donors (Lipinski definition) is 1. The zero-order valence-corrected chi connectivity index (χ0v) is 11.1. The van der Waals surface area contributed by atoms with Crippen molar-refractivity contribution in [2.45, 2.75) is 20.4 Å². The molecule has 106 valence electrons. The molecule has 0 spiro atoms. The summed E-state index contributed by atoms with van der Waals surface area (Å²) in [5.74, 6) is 1.10. The number of rotatable bonds is 6. The lowest BCUT2D eigenvalue weighted by Crippen LogP contribution is -2.05. The summed E-state index contributed by atoms with van der Waals surface area (Å²) in [6, 6.07) is 4.85. The van der Waals surface area contributed by atoms with E-state index in [-0.39, 0.29) is 18.0 Å². The predicted molar refractivity (Wildman–Crippen MR) is 70.6 cm³/mol. The van der Waals surface area contributed by atoms with Crippen LogP contribution >= 0.6 is 0 Å². The lowest BCUT2D eigenvalue weighted by atomic mass is 10.2. The summed E-state index contributed by atoms with van der Waals surface area (Å²) < 4.78 is 10.1. The molecular weight excluding hydrogens is 264 g/mol. The van der Waals surface area contributed by atoms with Gasteiger partial charge in [0, 0.05) is 6.92 Å². The van der Waals surface area contributed by atoms with Crippen molar-refractivity contribution in [3.8, 4) is 5.75 Å². The van der Waals surface area contributed by atoms with Crippen molar-refractivity contribution in [3.63, 3.8) is 0 Å². The first-order valence-corrected chi connectivity index (χ1v) is 6.05. The van der Waals surface area contributed by atoms with Gasteiger partial charge in [-0.3, -0.25) is 10.1 Å². The molecule has 0 bridgehead atoms. The van der Waals surface area contributed by atoms with Gasteiger partial charge in [0.25, 0.3) is 0 Å². The van der Waals surface area contributed by atoms with Crippen molar-refractivity contribution < 1.29 is 14.2 Å². The van der Waals surface area contributed by atoms with Gasteiger partial charge >= 0.3 is 5.69 Å². The summed E-state index contributed by atoms with van der Waals surface area (Å²) in [6.07, 6.45) is 0. The zero-order valence-electron chi connectivity index (χ0n) is 11.1. The number of aromatic nitrogens is 2. The molecule has 1 aromatic heterocycles. The van der Waals surface area contributed by atoms with Crippen LogP contribution in [0.15, 0.2) is 22.7 Å². The molecule has 0 fully saturated rings. The molecule has 1 aromatic carbocycles. The number of nitrogens with one attached hydrogen (secondary N) is 1. The molecule has 0 aliphatic carbocycles. The maximum Gasteiger partial charge on any atom is 0.333 e. The molecule has 1 heterocycles. The number of nitrogens with zero attached hydrogens (tertiary/aromatic N) is 3. The van der Waals surface area contributed by atoms with Crippen molar-refractivity contribution in [3.05, 3.63) is 40.0 Å². The Hall–Kier alpha value is -2.64. The van der Waals surface area contributed by atoms with Crippen LogP contribution in [-0.4, -0.2) is 21.7 Å². The normalized spacial score (nSPS) is 10.3. The second-order valence-corrected chi connectivity index (χ2v) is 3.93. The van der Waals surface area contributed by atoms with Crippen LogP contribution in [0.4, 0.5) is 11.4 Å². The molecule has 0 aliphatic heterocycles. The van der Waals surface area contributed by atoms with Crippen LogP contribution in [0, 0.1) is 17.0 Å². The second-order valence-electron chi connectivity index (χ2n) is 3.93. The molecule has 2 aromatic rings. The van der Waals surface area contributed by atoms with Gasteiger partial charge in [-0.1, -0.05) is 11.2 Å². The van der Waals surface area contributed by atoms with Crippen LogP contribution in [0.5, 0.6) is 5.75 Å². The Morgan fingerprint density at radius 2 is 2.30 bits per heavy atom. The third-order valence-electron chi connectivity index (χ3n) is 2.49. The number of nitro groups is 1. The monoisotopic (exact) mass is 278 g/mol. The van der Waals surface area contributed by atoms with Crippen LogP contribution in [0.25, 0.3) is 0 Å². The topological polar surface area (TPSA) is 103 Å². The SMILES string of the molecule is CCOc1cccc(NCc2noc(C)n2)c1[N+](=O)[O-]. The lowest BCUT2D eigenvalue weighted by Gasteiger charge is -2.09. The number of aryl methyl sites for hydroxylation is 1. The van der Waals surface area contributed by atoms with Crippen LogP contribution in [0.3, 0.4) is 0 Å². The Morgan fingerprint density at radius 3 is 2.90 bits per heavy atom. The highest BCUT2D eigenvalue weighted by Crippen LogP contribution is 2.34. The zero-order chi connectivity index (χ0) is 14.5. The standard InChI is InChI=1S/C12H14N4O4/c1-3-19-10-6-4-5-9(12(10)16(17)18)13-7-11-14-8(2)20-15-11/h4-6,13H,3,7H2,1-2H3. The third-order valence-corrected chi connectivity index (χ3v) is 2.49. The van der Waals surface area contributed by atoms with E-state index in [1.165, 1.54) is 0 Å². The number of ether oxygens (including phenoxy) is 1. The molecule has 0 saturated heterocycles. The molecular formula is C12H14N4O4. The van der Waals surface area contributed by atoms with Crippen molar-refractivity contribution >= 4 is 11.4 Å². The molecule has 0 radical (unpaired) electrons. The van der Waals surface area contributed by atoms with Crippen LogP contribution < -0.4 is 10.1 Å². The van der Waals surface area contributed by atoms with Gasteiger partial charge in [-0.05, 0) is 19.1 Å². The molecule has 0 amide bonds. The van der Waals surface area contributed by atoms with Gasteiger partial charge in [-0.15, -0.1) is 0 Å². The van der Waals surface area contributed by atoms with E-state index in [9.17, 15) is 10.1 Å². The largest absolute Gasteiger partial charge is 0.487 e. The van der Waals surface area contributed by atoms with E-state index in [0.717, 1.165) is 0 Å². The maximum atomic E-state index is 11.2. The first-order valence-electron chi connectivity index (χ1n) is 6.05. The molecule has 2 rings (SSSR count). The van der Waals surface area contributed by atoms with Gasteiger partial charge in [-0.25, -0.2) is 0 Å². The second kappa shape index (κ2) is 6.00. The van der Waals surface area contributed by atoms with E-state index >= 15 is 0 Å². The summed E-state index contributed by atoms with van der Waals surface area (Å²) >= 11 is 0. The van der Waals surface area contributed by atoms with E-state index in [1.54, 1.807) is 32.0 Å². The highest BCUT2D eigenvalue weighted by molar-refractivity contribution is 5.68. The number of anilines is 1. The minimum absolute atomic E-state index is 0.102. The number of nitro benzene ring substituents is 1. The summed E-state index contributed by atoms with van der Waals surface area (Å²) in [4.78, 5) is 14.7. The lowest BCUT2D eigenvalue weighted by molar-refractivity contribution is -0.384. The highest BCUT2D eigenvalue weighted by atomic mass is 16.6. The van der Waals surface area contributed by atoms with E-state index in [2.05, 4.69) is 15.5 Å². The van der Waals surface area contributed by atoms with E-state index < -0.39 is 4.92 Å². The minimum Gasteiger partial charge on any atom is -0.487 e. The summed E-state index contributed by atoms with van der Waals surface area (Å²) in [5, 5.41) is 17.8. The van der Waals surface area contributed by atoms with E-state index in [1.807, 2.05) is 0 Å². The van der Waals surface area contributed by atoms with Gasteiger partial charge in [0.1, 0.15) is 5.69 Å². The smallest absolute Gasteiger partial charge is 0.333 e. The molecule has 0 aliphatic rings. The van der Waals surface area contributed by atoms with E-state index in [4.69, 9.17) is 9.26 Å². The maximum absolute atomic E-state index is 11.2. The van der Waals surface area contributed by atoms with Gasteiger partial charge in [0.05, 0.1) is 18.1 Å². The van der Waals surface area contributed by atoms with Gasteiger partial charge in [0.2, 0.25) is 5.89 Å². The Bertz CT molecular complexity index is 611. The first-order chi connectivity index (χ1) is 9.61. The Labute approximate surface area is 114 Å². The fourth-order valence-corrected chi connectivity index (χ4v) is 1.71. The van der Waals surface area contributed by atoms with Crippen molar-refractivity contribution in [1.82, 2.24) is 10.1 Å². The van der Waals surface area contributed by atoms with E-state index in [0.29, 0.717) is 24.0 Å². The molecule has 0 unspecified atom stereocenters. The summed E-state index contributed by atoms with van der Waals surface area (Å²) in [5.41, 5.74) is 0.248. The van der Waals surface area contributed by atoms with Gasteiger partial charge < -0.3 is 14.6 Å². The molecule has 0 atom stereocenters. The average Bonchev–Trinajstić information content (AvgIpc) is 2.82. The Morgan fingerprint density at radius 1 is 1.50 bits per heavy atom. The number of hydrogen-bond acceptors (Lipinski definition) is 7. The number of para-hydroxylation sites is 1. The van der Waals surface area contributed by atoms with Crippen LogP contribution in [-0.2, 0) is 6.54 Å². The highest BCUT2D eigenvalue weighted by Gasteiger charge is 2.20. The fourth-order valence-electron chi connectivity index (χ4n) is 1.71. The van der Waals surface area contributed by atoms with Crippen molar-refractivity contribution in [1.29, 1.82) is 0 Å². The van der Waals surface area contributed by atoms with Crippen molar-refractivity contribution in [2.24, 2.45) is 0 Å². The Balaban J connectivity index is 2.22. The van der Waals surface area contributed by atoms with Crippen LogP contribution in [0.2, 0.25) is 0 Å². The quantitative estimate of drug-likeness (QED) is 0.638. The molecule has 8 nitrogen and oxygen atoms in total. The third kappa shape index (κ3) is 3.02. The summed E-state index contributed by atoms with van der Waals surface area (Å²) in [6.45, 7) is 4.03. The van der Waals surface area contributed by atoms with Gasteiger partial charge in [0.15, 0.2) is 11.6 Å². The fraction of sp³-hybridized carbons (Fsp3) is 0.333. The summed E-state index contributed by atoms with van der Waals surface area (Å²) in [7, 11) is 0. The molecule has 8 heteroatoms. The van der Waals surface area contributed by atoms with Crippen molar-refractivity contribution in [2.75, 3.05) is 11.9 Å². The van der Waals surface area contributed by atoms with Gasteiger partial charge in [-0.2, -0.15) is 4.98 Å². The Kier molecular flexibility index (Phi) is 4.14. The van der Waals surface area contributed by atoms with Crippen LogP contribution in [0.1, 0.15) is 18.6 Å².